The second kappa shape index (κ2) is 12.0. The molecule has 5 N–H and O–H groups in total. The molecule has 0 spiro atoms. The van der Waals surface area contributed by atoms with Gasteiger partial charge in [-0.2, -0.15) is 0 Å². The van der Waals surface area contributed by atoms with Crippen LogP contribution in [-0.4, -0.2) is 18.1 Å². The van der Waals surface area contributed by atoms with E-state index in [1.165, 1.54) is 17.4 Å². The van der Waals surface area contributed by atoms with Crippen molar-refractivity contribution in [3.8, 4) is 0 Å². The van der Waals surface area contributed by atoms with Crippen molar-refractivity contribution < 1.29 is 83.7 Å². The summed E-state index contributed by atoms with van der Waals surface area (Å²) in [7, 11) is 0. The first-order chi connectivity index (χ1) is 7.73. The van der Waals surface area contributed by atoms with Crippen LogP contribution in [0.1, 0.15) is 10.4 Å². The standard InChI is InChI=1S/C6H6BrN3O2S.CH2O3.2Na/c7-3-1-2(4(8)11)5(13-3)10-6(9)12;2-1(3)4;;/h1H,(H2,8,11)(H3,9,10,12);(H2,2,3,4);;/q;;2*+1/p-2. The van der Waals surface area contributed by atoms with E-state index in [-0.39, 0.29) is 64.7 Å². The molecule has 19 heavy (non-hydrogen) atoms. The summed E-state index contributed by atoms with van der Waals surface area (Å²) in [4.78, 5) is 29.7. The molecule has 1 aromatic rings. The average Bonchev–Trinajstić information content (AvgIpc) is 2.44. The summed E-state index contributed by atoms with van der Waals surface area (Å²) in [6, 6.07) is 0.801. The zero-order valence-corrected chi connectivity index (χ0v) is 16.5. The van der Waals surface area contributed by atoms with Crippen molar-refractivity contribution in [2.24, 2.45) is 11.5 Å². The van der Waals surface area contributed by atoms with Crippen molar-refractivity contribution in [1.82, 2.24) is 0 Å². The Hall–Kier alpha value is 0.190. The van der Waals surface area contributed by atoms with Gasteiger partial charge in [0.2, 0.25) is 0 Å². The molecule has 0 aliphatic carbocycles. The van der Waals surface area contributed by atoms with E-state index in [0.29, 0.717) is 8.79 Å². The number of carboxylic acid groups (broad SMARTS) is 2. The minimum Gasteiger partial charge on any atom is -0.652 e. The largest absolute Gasteiger partial charge is 1.00 e. The molecule has 0 fully saturated rings. The maximum atomic E-state index is 10.8. The fourth-order valence-electron chi connectivity index (χ4n) is 0.749. The zero-order valence-electron chi connectivity index (χ0n) is 10.1. The SMILES string of the molecule is NC(=O)Nc1sc(Br)cc1C(N)=O.O=C([O-])[O-].[Na+].[Na+]. The van der Waals surface area contributed by atoms with Crippen LogP contribution in [0.5, 0.6) is 0 Å². The summed E-state index contributed by atoms with van der Waals surface area (Å²) < 4.78 is 0.699. The molecule has 0 aliphatic heterocycles. The first-order valence-electron chi connectivity index (χ1n) is 3.77. The molecular weight excluding hydrogens is 364 g/mol. The van der Waals surface area contributed by atoms with Crippen molar-refractivity contribution in [3.05, 3.63) is 15.4 Å². The Morgan fingerprint density at radius 3 is 1.95 bits per heavy atom. The van der Waals surface area contributed by atoms with E-state index in [9.17, 15) is 9.59 Å². The predicted molar refractivity (Wildman–Crippen MR) is 59.1 cm³/mol. The van der Waals surface area contributed by atoms with Crippen molar-refractivity contribution in [2.75, 3.05) is 5.32 Å². The van der Waals surface area contributed by atoms with E-state index in [2.05, 4.69) is 21.2 Å². The van der Waals surface area contributed by atoms with Crippen LogP contribution in [0.2, 0.25) is 0 Å². The molecule has 0 aliphatic rings. The zero-order chi connectivity index (χ0) is 13.6. The Balaban J connectivity index is -0.000000379. The first kappa shape index (κ1) is 24.2. The molecule has 1 rings (SSSR count). The number of nitrogens with two attached hydrogens (primary N) is 2. The Labute approximate surface area is 164 Å². The molecule has 12 heteroatoms. The van der Waals surface area contributed by atoms with Crippen LogP contribution in [-0.2, 0) is 0 Å². The number of rotatable bonds is 2. The summed E-state index contributed by atoms with van der Waals surface area (Å²) in [5, 5.41) is 19.3. The number of halogens is 1. The molecule has 94 valence electrons. The van der Waals surface area contributed by atoms with Crippen LogP contribution in [0.3, 0.4) is 0 Å². The summed E-state index contributed by atoms with van der Waals surface area (Å²) in [5.74, 6) is -0.606. The number of hydrogen-bond acceptors (Lipinski definition) is 6. The maximum absolute atomic E-state index is 10.8. The van der Waals surface area contributed by atoms with E-state index < -0.39 is 18.1 Å². The first-order valence-corrected chi connectivity index (χ1v) is 5.38. The monoisotopic (exact) mass is 369 g/mol. The van der Waals surface area contributed by atoms with Gasteiger partial charge in [0.05, 0.1) is 9.35 Å². The van der Waals surface area contributed by atoms with Gasteiger partial charge in [-0.05, 0) is 28.2 Å². The van der Waals surface area contributed by atoms with E-state index in [4.69, 9.17) is 26.5 Å². The van der Waals surface area contributed by atoms with Crippen LogP contribution in [0.15, 0.2) is 9.85 Å². The average molecular weight is 370 g/mol. The topological polar surface area (TPSA) is 161 Å². The molecular formula is C7H6BrN3Na2O5S. The summed E-state index contributed by atoms with van der Waals surface area (Å²) >= 11 is 4.33. The molecule has 0 atom stereocenters. The van der Waals surface area contributed by atoms with Crippen molar-refractivity contribution in [1.29, 1.82) is 0 Å². The number of amides is 3. The number of urea groups is 1. The van der Waals surface area contributed by atoms with Gasteiger partial charge in [-0.15, -0.1) is 11.3 Å². The van der Waals surface area contributed by atoms with Crippen molar-refractivity contribution >= 4 is 50.4 Å². The van der Waals surface area contributed by atoms with E-state index in [1.54, 1.807) is 0 Å². The van der Waals surface area contributed by atoms with E-state index in [0.717, 1.165) is 0 Å². The molecule has 1 heterocycles. The Morgan fingerprint density at radius 1 is 1.21 bits per heavy atom. The number of nitrogens with one attached hydrogen (secondary N) is 1. The van der Waals surface area contributed by atoms with Gasteiger partial charge in [0, 0.05) is 0 Å². The molecule has 0 unspecified atom stereocenters. The second-order valence-corrected chi connectivity index (χ2v) is 4.83. The molecule has 8 nitrogen and oxygen atoms in total. The number of carbonyl (C=O) groups is 3. The van der Waals surface area contributed by atoms with Crippen LogP contribution in [0, 0.1) is 0 Å². The fourth-order valence-corrected chi connectivity index (χ4v) is 2.26. The minimum absolute atomic E-state index is 0. The molecule has 0 aromatic carbocycles. The third-order valence-electron chi connectivity index (χ3n) is 1.20. The minimum atomic E-state index is -2.33. The maximum Gasteiger partial charge on any atom is 1.00 e. The number of primary amides is 2. The van der Waals surface area contributed by atoms with Crippen LogP contribution >= 0.6 is 27.3 Å². The second-order valence-electron chi connectivity index (χ2n) is 2.40. The van der Waals surface area contributed by atoms with Gasteiger partial charge in [-0.1, -0.05) is 0 Å². The van der Waals surface area contributed by atoms with Gasteiger partial charge in [-0.3, -0.25) is 10.1 Å². The number of carbonyl (C=O) groups excluding carboxylic acids is 3. The van der Waals surface area contributed by atoms with Gasteiger partial charge in [-0.25, -0.2) is 4.79 Å². The van der Waals surface area contributed by atoms with Gasteiger partial charge in [0.1, 0.15) is 5.00 Å². The van der Waals surface area contributed by atoms with Crippen molar-refractivity contribution in [3.63, 3.8) is 0 Å². The Kier molecular flexibility index (Phi) is 15.3. The molecule has 0 saturated heterocycles. The number of hydrogen-bond donors (Lipinski definition) is 3. The quantitative estimate of drug-likeness (QED) is 0.440. The normalized spacial score (nSPS) is 7.84. The van der Waals surface area contributed by atoms with Gasteiger partial charge < -0.3 is 26.5 Å². The van der Waals surface area contributed by atoms with Crippen LogP contribution in [0.25, 0.3) is 0 Å². The van der Waals surface area contributed by atoms with Crippen LogP contribution in [0.4, 0.5) is 14.6 Å². The van der Waals surface area contributed by atoms with E-state index >= 15 is 0 Å². The molecule has 0 saturated carbocycles. The van der Waals surface area contributed by atoms with Gasteiger partial charge in [0.15, 0.2) is 0 Å². The summed E-state index contributed by atoms with van der Waals surface area (Å²) in [6.07, 6.45) is -2.33. The van der Waals surface area contributed by atoms with Gasteiger partial charge >= 0.3 is 65.1 Å². The Bertz CT molecular complexity index is 452. The molecule has 1 aromatic heterocycles. The molecule has 0 bridgehead atoms. The van der Waals surface area contributed by atoms with Gasteiger partial charge in [0.25, 0.3) is 5.91 Å². The number of anilines is 1. The number of thiophene rings is 1. The smallest absolute Gasteiger partial charge is 0.652 e. The molecule has 3 amide bonds. The van der Waals surface area contributed by atoms with E-state index in [1.807, 2.05) is 0 Å². The summed E-state index contributed by atoms with van der Waals surface area (Å²) in [6.45, 7) is 0. The third-order valence-corrected chi connectivity index (χ3v) is 2.76. The molecule has 0 radical (unpaired) electrons. The fraction of sp³-hybridized carbons (Fsp3) is 0. The summed E-state index contributed by atoms with van der Waals surface area (Å²) in [5.41, 5.74) is 10.2. The third kappa shape index (κ3) is 11.7. The Morgan fingerprint density at radius 2 is 1.63 bits per heavy atom. The predicted octanol–water partition coefficient (Wildman–Crippen LogP) is -7.34. The van der Waals surface area contributed by atoms with Crippen molar-refractivity contribution in [2.45, 2.75) is 0 Å². The van der Waals surface area contributed by atoms with Crippen LogP contribution < -0.4 is 86.1 Å².